The summed E-state index contributed by atoms with van der Waals surface area (Å²) in [7, 11) is 1.56. The van der Waals surface area contributed by atoms with Crippen molar-refractivity contribution in [2.45, 2.75) is 33.3 Å². The quantitative estimate of drug-likeness (QED) is 0.737. The number of carbonyl (C=O) groups is 1. The summed E-state index contributed by atoms with van der Waals surface area (Å²) in [6.45, 7) is 7.42. The molecule has 0 bridgehead atoms. The number of methoxy groups -OCH3 is 1. The third-order valence-corrected chi connectivity index (χ3v) is 1.99. The zero-order valence-corrected chi connectivity index (χ0v) is 10.5. The SMILES string of the molecule is COc1cc(C(C)=O)ccc1OC(C)(C)C. The van der Waals surface area contributed by atoms with E-state index >= 15 is 0 Å². The first-order valence-corrected chi connectivity index (χ1v) is 5.21. The Hall–Kier alpha value is -1.51. The zero-order chi connectivity index (χ0) is 12.3. The molecule has 0 N–H and O–H groups in total. The molecule has 0 unspecified atom stereocenters. The van der Waals surface area contributed by atoms with Crippen molar-refractivity contribution in [1.82, 2.24) is 0 Å². The second kappa shape index (κ2) is 4.56. The fourth-order valence-corrected chi connectivity index (χ4v) is 1.30. The van der Waals surface area contributed by atoms with Gasteiger partial charge in [-0.25, -0.2) is 0 Å². The van der Waals surface area contributed by atoms with Crippen LogP contribution >= 0.6 is 0 Å². The van der Waals surface area contributed by atoms with Crippen LogP contribution in [0.5, 0.6) is 11.5 Å². The zero-order valence-electron chi connectivity index (χ0n) is 10.5. The second-order valence-corrected chi connectivity index (χ2v) is 4.64. The van der Waals surface area contributed by atoms with Crippen molar-refractivity contribution in [3.8, 4) is 11.5 Å². The molecular formula is C13H18O3. The van der Waals surface area contributed by atoms with Crippen molar-refractivity contribution in [2.75, 3.05) is 7.11 Å². The molecule has 0 spiro atoms. The Labute approximate surface area is 96.4 Å². The molecule has 0 amide bonds. The lowest BCUT2D eigenvalue weighted by Crippen LogP contribution is -2.23. The minimum absolute atomic E-state index is 0.0145. The van der Waals surface area contributed by atoms with E-state index < -0.39 is 0 Å². The predicted molar refractivity (Wildman–Crippen MR) is 63.4 cm³/mol. The first kappa shape index (κ1) is 12.6. The molecule has 0 aliphatic carbocycles. The van der Waals surface area contributed by atoms with Gasteiger partial charge in [-0.2, -0.15) is 0 Å². The van der Waals surface area contributed by atoms with Crippen LogP contribution in [0.4, 0.5) is 0 Å². The van der Waals surface area contributed by atoms with Gasteiger partial charge >= 0.3 is 0 Å². The van der Waals surface area contributed by atoms with E-state index in [1.165, 1.54) is 6.92 Å². The third kappa shape index (κ3) is 3.26. The van der Waals surface area contributed by atoms with Crippen molar-refractivity contribution in [3.05, 3.63) is 23.8 Å². The maximum atomic E-state index is 11.2. The number of ketones is 1. The number of hydrogen-bond donors (Lipinski definition) is 0. The average molecular weight is 222 g/mol. The summed E-state index contributed by atoms with van der Waals surface area (Å²) in [6.07, 6.45) is 0. The van der Waals surface area contributed by atoms with E-state index in [9.17, 15) is 4.79 Å². The number of carbonyl (C=O) groups excluding carboxylic acids is 1. The molecule has 1 rings (SSSR count). The number of benzene rings is 1. The van der Waals surface area contributed by atoms with Crippen LogP contribution in [0.2, 0.25) is 0 Å². The van der Waals surface area contributed by atoms with E-state index in [2.05, 4.69) is 0 Å². The van der Waals surface area contributed by atoms with Crippen molar-refractivity contribution in [1.29, 1.82) is 0 Å². The second-order valence-electron chi connectivity index (χ2n) is 4.64. The monoisotopic (exact) mass is 222 g/mol. The van der Waals surface area contributed by atoms with Crippen molar-refractivity contribution in [2.24, 2.45) is 0 Å². The van der Waals surface area contributed by atoms with E-state index in [-0.39, 0.29) is 11.4 Å². The van der Waals surface area contributed by atoms with Gasteiger partial charge < -0.3 is 9.47 Å². The largest absolute Gasteiger partial charge is 0.493 e. The highest BCUT2D eigenvalue weighted by Gasteiger charge is 2.16. The van der Waals surface area contributed by atoms with E-state index in [1.54, 1.807) is 25.3 Å². The Morgan fingerprint density at radius 3 is 2.25 bits per heavy atom. The number of rotatable bonds is 3. The van der Waals surface area contributed by atoms with Gasteiger partial charge in [-0.3, -0.25) is 4.79 Å². The molecule has 1 aromatic carbocycles. The summed E-state index contributed by atoms with van der Waals surface area (Å²) in [4.78, 5) is 11.2. The van der Waals surface area contributed by atoms with Gasteiger partial charge in [0.1, 0.15) is 5.60 Å². The minimum Gasteiger partial charge on any atom is -0.493 e. The molecule has 0 aromatic heterocycles. The van der Waals surface area contributed by atoms with Gasteiger partial charge in [0.25, 0.3) is 0 Å². The van der Waals surface area contributed by atoms with Crippen LogP contribution in [0.25, 0.3) is 0 Å². The standard InChI is InChI=1S/C13H18O3/c1-9(14)10-6-7-11(12(8-10)15-5)16-13(2,3)4/h6-8H,1-5H3. The topological polar surface area (TPSA) is 35.5 Å². The molecule has 0 saturated carbocycles. The maximum Gasteiger partial charge on any atom is 0.161 e. The van der Waals surface area contributed by atoms with Gasteiger partial charge in [0.15, 0.2) is 17.3 Å². The van der Waals surface area contributed by atoms with Crippen molar-refractivity contribution < 1.29 is 14.3 Å². The number of hydrogen-bond acceptors (Lipinski definition) is 3. The van der Waals surface area contributed by atoms with Gasteiger partial charge in [0.05, 0.1) is 7.11 Å². The van der Waals surface area contributed by atoms with Gasteiger partial charge in [-0.05, 0) is 45.9 Å². The molecule has 16 heavy (non-hydrogen) atoms. The number of ether oxygens (including phenoxy) is 2. The van der Waals surface area contributed by atoms with Crippen molar-refractivity contribution >= 4 is 5.78 Å². The highest BCUT2D eigenvalue weighted by Crippen LogP contribution is 2.31. The summed E-state index contributed by atoms with van der Waals surface area (Å²) in [5, 5.41) is 0. The summed E-state index contributed by atoms with van der Waals surface area (Å²) in [5.41, 5.74) is 0.337. The van der Waals surface area contributed by atoms with Crippen LogP contribution in [0.1, 0.15) is 38.1 Å². The van der Waals surface area contributed by atoms with Crippen LogP contribution in [-0.4, -0.2) is 18.5 Å². The lowest BCUT2D eigenvalue weighted by Gasteiger charge is -2.22. The van der Waals surface area contributed by atoms with E-state index in [1.807, 2.05) is 20.8 Å². The average Bonchev–Trinajstić information content (AvgIpc) is 2.15. The lowest BCUT2D eigenvalue weighted by atomic mass is 10.1. The first-order valence-electron chi connectivity index (χ1n) is 5.21. The van der Waals surface area contributed by atoms with Gasteiger partial charge in [0.2, 0.25) is 0 Å². The highest BCUT2D eigenvalue weighted by atomic mass is 16.5. The van der Waals surface area contributed by atoms with Crippen LogP contribution in [0.15, 0.2) is 18.2 Å². The maximum absolute atomic E-state index is 11.2. The van der Waals surface area contributed by atoms with Crippen molar-refractivity contribution in [3.63, 3.8) is 0 Å². The van der Waals surface area contributed by atoms with Gasteiger partial charge in [-0.15, -0.1) is 0 Å². The van der Waals surface area contributed by atoms with E-state index in [4.69, 9.17) is 9.47 Å². The Morgan fingerprint density at radius 2 is 1.81 bits per heavy atom. The highest BCUT2D eigenvalue weighted by molar-refractivity contribution is 5.94. The summed E-state index contributed by atoms with van der Waals surface area (Å²) in [5.74, 6) is 1.25. The Morgan fingerprint density at radius 1 is 1.19 bits per heavy atom. The molecule has 0 radical (unpaired) electrons. The van der Waals surface area contributed by atoms with E-state index in [0.717, 1.165) is 0 Å². The molecule has 3 nitrogen and oxygen atoms in total. The molecule has 0 aliphatic rings. The molecular weight excluding hydrogens is 204 g/mol. The molecule has 0 fully saturated rings. The fourth-order valence-electron chi connectivity index (χ4n) is 1.30. The lowest BCUT2D eigenvalue weighted by molar-refractivity contribution is 0.101. The fraction of sp³-hybridized carbons (Fsp3) is 0.462. The predicted octanol–water partition coefficient (Wildman–Crippen LogP) is 3.08. The van der Waals surface area contributed by atoms with Gasteiger partial charge in [0, 0.05) is 5.56 Å². The van der Waals surface area contributed by atoms with Gasteiger partial charge in [-0.1, -0.05) is 0 Å². The number of Topliss-reactive ketones (excluding diaryl/α,β-unsaturated/α-hetero) is 1. The van der Waals surface area contributed by atoms with Crippen LogP contribution in [0, 0.1) is 0 Å². The molecule has 88 valence electrons. The smallest absolute Gasteiger partial charge is 0.161 e. The summed E-state index contributed by atoms with van der Waals surface area (Å²) < 4.78 is 10.9. The Bertz CT molecular complexity index is 389. The molecule has 0 heterocycles. The molecule has 1 aromatic rings. The molecule has 0 atom stereocenters. The Balaban J connectivity index is 3.07. The van der Waals surface area contributed by atoms with E-state index in [0.29, 0.717) is 17.1 Å². The first-order chi connectivity index (χ1) is 7.33. The van der Waals surface area contributed by atoms with Crippen LogP contribution in [0.3, 0.4) is 0 Å². The third-order valence-electron chi connectivity index (χ3n) is 1.99. The molecule has 0 aliphatic heterocycles. The Kier molecular flexibility index (Phi) is 3.58. The normalized spacial score (nSPS) is 11.1. The molecule has 0 saturated heterocycles. The molecule has 3 heteroatoms. The summed E-state index contributed by atoms with van der Waals surface area (Å²) >= 11 is 0. The minimum atomic E-state index is -0.287. The van der Waals surface area contributed by atoms with Crippen LogP contribution < -0.4 is 9.47 Å². The summed E-state index contributed by atoms with van der Waals surface area (Å²) in [6, 6.07) is 5.20. The van der Waals surface area contributed by atoms with Crippen LogP contribution in [-0.2, 0) is 0 Å².